The summed E-state index contributed by atoms with van der Waals surface area (Å²) in [5, 5.41) is 0. The Morgan fingerprint density at radius 1 is 1.64 bits per heavy atom. The number of urea groups is 1. The molecule has 0 aliphatic rings. The first kappa shape index (κ1) is 10.6. The topological polar surface area (TPSA) is 46.3 Å². The van der Waals surface area contributed by atoms with E-state index < -0.39 is 0 Å². The van der Waals surface area contributed by atoms with Crippen molar-refractivity contribution < 1.29 is 4.79 Å². The summed E-state index contributed by atoms with van der Waals surface area (Å²) < 4.78 is 0. The van der Waals surface area contributed by atoms with Crippen molar-refractivity contribution in [1.82, 2.24) is 4.90 Å². The highest BCUT2D eigenvalue weighted by molar-refractivity contribution is 6.18. The largest absolute Gasteiger partial charge is 0.351 e. The van der Waals surface area contributed by atoms with E-state index in [1.54, 1.807) is 4.90 Å². The Morgan fingerprint density at radius 2 is 2.18 bits per heavy atom. The van der Waals surface area contributed by atoms with E-state index in [2.05, 4.69) is 0 Å². The average molecular weight is 179 g/mol. The fraction of sp³-hybridized carbons (Fsp3) is 0.857. The Labute approximate surface area is 72.5 Å². The van der Waals surface area contributed by atoms with Crippen LogP contribution in [0.2, 0.25) is 0 Å². The van der Waals surface area contributed by atoms with Gasteiger partial charge < -0.3 is 10.6 Å². The van der Waals surface area contributed by atoms with Crippen LogP contribution in [0.25, 0.3) is 0 Å². The Morgan fingerprint density at radius 3 is 2.45 bits per heavy atom. The van der Waals surface area contributed by atoms with E-state index in [9.17, 15) is 4.79 Å². The van der Waals surface area contributed by atoms with Gasteiger partial charge in [0.05, 0.1) is 0 Å². The first-order valence-corrected chi connectivity index (χ1v) is 4.21. The number of amides is 2. The molecule has 0 fully saturated rings. The third-order valence-corrected chi connectivity index (χ3v) is 1.42. The van der Waals surface area contributed by atoms with Crippen LogP contribution in [0.1, 0.15) is 13.8 Å². The zero-order chi connectivity index (χ0) is 8.85. The molecule has 0 saturated carbocycles. The molecule has 0 bridgehead atoms. The van der Waals surface area contributed by atoms with Gasteiger partial charge in [-0.3, -0.25) is 0 Å². The summed E-state index contributed by atoms with van der Waals surface area (Å²) in [4.78, 5) is 12.3. The molecule has 0 heterocycles. The molecule has 4 heteroatoms. The minimum absolute atomic E-state index is 0.389. The quantitative estimate of drug-likeness (QED) is 0.648. The third-order valence-electron chi connectivity index (χ3n) is 1.25. The molecule has 0 aliphatic heterocycles. The van der Waals surface area contributed by atoms with Crippen LogP contribution in [0.15, 0.2) is 0 Å². The molecular weight excluding hydrogens is 164 g/mol. The number of nitrogens with zero attached hydrogens (tertiary/aromatic N) is 1. The first-order chi connectivity index (χ1) is 5.07. The average Bonchev–Trinajstić information content (AvgIpc) is 1.86. The molecule has 0 rings (SSSR count). The molecule has 0 radical (unpaired) electrons. The maximum atomic E-state index is 10.7. The van der Waals surface area contributed by atoms with Crippen molar-refractivity contribution in [3.8, 4) is 0 Å². The molecule has 66 valence electrons. The van der Waals surface area contributed by atoms with Gasteiger partial charge in [-0.25, -0.2) is 4.79 Å². The Balaban J connectivity index is 3.79. The van der Waals surface area contributed by atoms with Gasteiger partial charge in [-0.05, 0) is 5.92 Å². The van der Waals surface area contributed by atoms with Crippen molar-refractivity contribution in [2.45, 2.75) is 13.8 Å². The number of rotatable bonds is 4. The van der Waals surface area contributed by atoms with Crippen molar-refractivity contribution in [2.24, 2.45) is 11.7 Å². The van der Waals surface area contributed by atoms with E-state index in [0.717, 1.165) is 0 Å². The maximum absolute atomic E-state index is 10.7. The molecule has 0 aromatic heterocycles. The minimum Gasteiger partial charge on any atom is -0.351 e. The van der Waals surface area contributed by atoms with Crippen molar-refractivity contribution in [2.75, 3.05) is 19.0 Å². The number of halogens is 1. The molecule has 0 aliphatic carbocycles. The molecule has 0 spiro atoms. The van der Waals surface area contributed by atoms with E-state index in [1.807, 2.05) is 13.8 Å². The lowest BCUT2D eigenvalue weighted by molar-refractivity contribution is 0.204. The van der Waals surface area contributed by atoms with E-state index >= 15 is 0 Å². The van der Waals surface area contributed by atoms with Crippen LogP contribution < -0.4 is 5.73 Å². The van der Waals surface area contributed by atoms with Gasteiger partial charge in [0.2, 0.25) is 0 Å². The van der Waals surface area contributed by atoms with E-state index in [0.29, 0.717) is 24.9 Å². The van der Waals surface area contributed by atoms with Crippen LogP contribution in [0.4, 0.5) is 4.79 Å². The van der Waals surface area contributed by atoms with Crippen LogP contribution in [0.5, 0.6) is 0 Å². The number of hydrogen-bond acceptors (Lipinski definition) is 1. The van der Waals surface area contributed by atoms with Gasteiger partial charge in [-0.2, -0.15) is 0 Å². The predicted octanol–water partition coefficient (Wildman–Crippen LogP) is 1.26. The lowest BCUT2D eigenvalue weighted by atomic mass is 10.2. The molecule has 2 amide bonds. The Kier molecular flexibility index (Phi) is 5.03. The van der Waals surface area contributed by atoms with E-state index in [4.69, 9.17) is 17.3 Å². The SMILES string of the molecule is CC(C)CN(CCCl)C(N)=O. The molecule has 0 aromatic rings. The lowest BCUT2D eigenvalue weighted by Crippen LogP contribution is -2.39. The van der Waals surface area contributed by atoms with Gasteiger partial charge in [0.15, 0.2) is 0 Å². The maximum Gasteiger partial charge on any atom is 0.314 e. The highest BCUT2D eigenvalue weighted by atomic mass is 35.5. The molecule has 0 unspecified atom stereocenters. The van der Waals surface area contributed by atoms with Gasteiger partial charge in [0.25, 0.3) is 0 Å². The zero-order valence-corrected chi connectivity index (χ0v) is 7.77. The van der Waals surface area contributed by atoms with Crippen LogP contribution in [0, 0.1) is 5.92 Å². The Hall–Kier alpha value is -0.440. The van der Waals surface area contributed by atoms with Gasteiger partial charge >= 0.3 is 6.03 Å². The summed E-state index contributed by atoms with van der Waals surface area (Å²) in [6.45, 7) is 5.28. The monoisotopic (exact) mass is 178 g/mol. The molecule has 11 heavy (non-hydrogen) atoms. The fourth-order valence-corrected chi connectivity index (χ4v) is 1.04. The summed E-state index contributed by atoms with van der Waals surface area (Å²) in [6.07, 6.45) is 0. The third kappa shape index (κ3) is 4.90. The molecule has 3 nitrogen and oxygen atoms in total. The van der Waals surface area contributed by atoms with Crippen LogP contribution in [-0.2, 0) is 0 Å². The minimum atomic E-state index is -0.389. The number of alkyl halides is 1. The van der Waals surface area contributed by atoms with Gasteiger partial charge in [0, 0.05) is 19.0 Å². The molecule has 0 atom stereocenters. The summed E-state index contributed by atoms with van der Waals surface area (Å²) >= 11 is 5.47. The van der Waals surface area contributed by atoms with E-state index in [1.165, 1.54) is 0 Å². The van der Waals surface area contributed by atoms with Gasteiger partial charge in [-0.1, -0.05) is 13.8 Å². The standard InChI is InChI=1S/C7H15ClN2O/c1-6(2)5-10(4-3-8)7(9)11/h6H,3-5H2,1-2H3,(H2,9,11). The number of carbonyl (C=O) groups is 1. The van der Waals surface area contributed by atoms with Crippen molar-refractivity contribution in [3.63, 3.8) is 0 Å². The number of nitrogens with two attached hydrogens (primary N) is 1. The second-order valence-electron chi connectivity index (χ2n) is 2.87. The van der Waals surface area contributed by atoms with Crippen molar-refractivity contribution in [3.05, 3.63) is 0 Å². The summed E-state index contributed by atoms with van der Waals surface area (Å²) in [5.74, 6) is 0.876. The second kappa shape index (κ2) is 5.24. The number of hydrogen-bond donors (Lipinski definition) is 1. The van der Waals surface area contributed by atoms with Crippen molar-refractivity contribution in [1.29, 1.82) is 0 Å². The van der Waals surface area contributed by atoms with Gasteiger partial charge in [-0.15, -0.1) is 11.6 Å². The molecule has 0 aromatic carbocycles. The van der Waals surface area contributed by atoms with Crippen LogP contribution in [-0.4, -0.2) is 29.9 Å². The van der Waals surface area contributed by atoms with Crippen LogP contribution >= 0.6 is 11.6 Å². The number of carbonyl (C=O) groups excluding carboxylic acids is 1. The van der Waals surface area contributed by atoms with Crippen LogP contribution in [0.3, 0.4) is 0 Å². The lowest BCUT2D eigenvalue weighted by Gasteiger charge is -2.20. The predicted molar refractivity (Wildman–Crippen MR) is 46.7 cm³/mol. The fourth-order valence-electron chi connectivity index (χ4n) is 0.834. The number of primary amides is 1. The smallest absolute Gasteiger partial charge is 0.314 e. The van der Waals surface area contributed by atoms with E-state index in [-0.39, 0.29) is 6.03 Å². The van der Waals surface area contributed by atoms with Crippen molar-refractivity contribution >= 4 is 17.6 Å². The summed E-state index contributed by atoms with van der Waals surface area (Å²) in [5.41, 5.74) is 5.10. The Bertz CT molecular complexity index is 128. The normalized spacial score (nSPS) is 10.2. The highest BCUT2D eigenvalue weighted by Gasteiger charge is 2.09. The van der Waals surface area contributed by atoms with Gasteiger partial charge in [0.1, 0.15) is 0 Å². The summed E-state index contributed by atoms with van der Waals surface area (Å²) in [6, 6.07) is -0.389. The second-order valence-corrected chi connectivity index (χ2v) is 3.25. The zero-order valence-electron chi connectivity index (χ0n) is 7.01. The molecule has 0 saturated heterocycles. The molecular formula is C7H15ClN2O. The summed E-state index contributed by atoms with van der Waals surface area (Å²) in [7, 11) is 0. The highest BCUT2D eigenvalue weighted by Crippen LogP contribution is 1.98. The first-order valence-electron chi connectivity index (χ1n) is 3.68. The molecule has 2 N–H and O–H groups in total.